The molecule has 0 atom stereocenters. The summed E-state index contributed by atoms with van der Waals surface area (Å²) in [4.78, 5) is 23.2. The van der Waals surface area contributed by atoms with Crippen LogP contribution in [0.25, 0.3) is 6.08 Å². The Balaban J connectivity index is 2.10. The van der Waals surface area contributed by atoms with Gasteiger partial charge in [0.2, 0.25) is 11.8 Å². The molecule has 142 valence electrons. The highest BCUT2D eigenvalue weighted by Gasteiger charge is 2.11. The van der Waals surface area contributed by atoms with E-state index in [-0.39, 0.29) is 23.7 Å². The topological polar surface area (TPSA) is 90.6 Å². The lowest BCUT2D eigenvalue weighted by atomic mass is 10.1. The molecule has 0 radical (unpaired) electrons. The van der Waals surface area contributed by atoms with Crippen LogP contribution >= 0.6 is 0 Å². The van der Waals surface area contributed by atoms with E-state index in [9.17, 15) is 18.4 Å². The van der Waals surface area contributed by atoms with Gasteiger partial charge in [0, 0.05) is 17.3 Å². The summed E-state index contributed by atoms with van der Waals surface area (Å²) < 4.78 is 34.5. The second-order valence-electron chi connectivity index (χ2n) is 5.29. The molecule has 27 heavy (non-hydrogen) atoms. The normalized spacial score (nSPS) is 10.8. The van der Waals surface area contributed by atoms with Crippen LogP contribution in [-0.4, -0.2) is 25.0 Å². The van der Waals surface area contributed by atoms with Gasteiger partial charge in [0.05, 0.1) is 6.61 Å². The number of carbonyl (C=O) groups is 2. The van der Waals surface area contributed by atoms with Gasteiger partial charge in [0.25, 0.3) is 0 Å². The lowest BCUT2D eigenvalue weighted by molar-refractivity contribution is -0.111. The highest BCUT2D eigenvalue weighted by molar-refractivity contribution is 6.03. The number of hydrogen-bond acceptors (Lipinski definition) is 4. The Kier molecular flexibility index (Phi) is 6.87. The Morgan fingerprint density at radius 3 is 2.63 bits per heavy atom. The van der Waals surface area contributed by atoms with Crippen molar-refractivity contribution in [2.45, 2.75) is 13.5 Å². The quantitative estimate of drug-likeness (QED) is 0.691. The summed E-state index contributed by atoms with van der Waals surface area (Å²) in [6.45, 7) is -0.987. The van der Waals surface area contributed by atoms with Crippen molar-refractivity contribution in [3.63, 3.8) is 0 Å². The second kappa shape index (κ2) is 9.33. The number of amides is 2. The van der Waals surface area contributed by atoms with Crippen molar-refractivity contribution in [1.29, 1.82) is 0 Å². The SMILES string of the molecule is CCOc1cc(/C=C/C(=O)Nc2cccc(C(N)=O)c2)ccc1OC(F)F. The maximum atomic E-state index is 12.4. The lowest BCUT2D eigenvalue weighted by Gasteiger charge is -2.11. The van der Waals surface area contributed by atoms with E-state index in [1.807, 2.05) is 0 Å². The molecule has 0 fully saturated rings. The molecular weight excluding hydrogens is 358 g/mol. The zero-order valence-corrected chi connectivity index (χ0v) is 14.4. The van der Waals surface area contributed by atoms with Gasteiger partial charge in [-0.05, 0) is 48.9 Å². The summed E-state index contributed by atoms with van der Waals surface area (Å²) in [6, 6.07) is 10.5. The zero-order chi connectivity index (χ0) is 19.8. The zero-order valence-electron chi connectivity index (χ0n) is 14.4. The summed E-state index contributed by atoms with van der Waals surface area (Å²) in [7, 11) is 0. The van der Waals surface area contributed by atoms with Crippen molar-refractivity contribution in [3.8, 4) is 11.5 Å². The third-order valence-electron chi connectivity index (χ3n) is 3.33. The van der Waals surface area contributed by atoms with E-state index in [1.165, 1.54) is 42.5 Å². The van der Waals surface area contributed by atoms with Gasteiger partial charge in [0.15, 0.2) is 11.5 Å². The predicted octanol–water partition coefficient (Wildman–Crippen LogP) is 3.44. The Morgan fingerprint density at radius 2 is 1.96 bits per heavy atom. The van der Waals surface area contributed by atoms with Crippen molar-refractivity contribution in [1.82, 2.24) is 0 Å². The van der Waals surface area contributed by atoms with E-state index in [4.69, 9.17) is 10.5 Å². The van der Waals surface area contributed by atoms with Gasteiger partial charge in [-0.15, -0.1) is 0 Å². The fraction of sp³-hybridized carbons (Fsp3) is 0.158. The van der Waals surface area contributed by atoms with Crippen LogP contribution in [0.4, 0.5) is 14.5 Å². The summed E-state index contributed by atoms with van der Waals surface area (Å²) in [6.07, 6.45) is 2.75. The van der Waals surface area contributed by atoms with Crippen LogP contribution in [-0.2, 0) is 4.79 Å². The van der Waals surface area contributed by atoms with Gasteiger partial charge in [-0.1, -0.05) is 12.1 Å². The summed E-state index contributed by atoms with van der Waals surface area (Å²) in [5.41, 5.74) is 6.44. The maximum absolute atomic E-state index is 12.4. The van der Waals surface area contributed by atoms with E-state index in [0.29, 0.717) is 11.3 Å². The van der Waals surface area contributed by atoms with Crippen molar-refractivity contribution in [3.05, 3.63) is 59.7 Å². The number of anilines is 1. The lowest BCUT2D eigenvalue weighted by Crippen LogP contribution is -2.12. The third kappa shape index (κ3) is 6.10. The van der Waals surface area contributed by atoms with Crippen molar-refractivity contribution < 1.29 is 27.8 Å². The van der Waals surface area contributed by atoms with Gasteiger partial charge in [-0.3, -0.25) is 9.59 Å². The first kappa shape index (κ1) is 19.9. The largest absolute Gasteiger partial charge is 0.490 e. The number of ether oxygens (including phenoxy) is 2. The van der Waals surface area contributed by atoms with E-state index in [0.717, 1.165) is 0 Å². The van der Waals surface area contributed by atoms with E-state index in [1.54, 1.807) is 19.1 Å². The van der Waals surface area contributed by atoms with Crippen molar-refractivity contribution in [2.75, 3.05) is 11.9 Å². The molecule has 3 N–H and O–H groups in total. The van der Waals surface area contributed by atoms with Crippen LogP contribution in [0.5, 0.6) is 11.5 Å². The maximum Gasteiger partial charge on any atom is 0.387 e. The van der Waals surface area contributed by atoms with Gasteiger partial charge in [-0.2, -0.15) is 8.78 Å². The smallest absolute Gasteiger partial charge is 0.387 e. The molecule has 0 unspecified atom stereocenters. The van der Waals surface area contributed by atoms with Crippen LogP contribution in [0.15, 0.2) is 48.5 Å². The summed E-state index contributed by atoms with van der Waals surface area (Å²) in [5, 5.41) is 2.60. The van der Waals surface area contributed by atoms with E-state index in [2.05, 4.69) is 10.1 Å². The minimum atomic E-state index is -2.97. The fourth-order valence-corrected chi connectivity index (χ4v) is 2.20. The minimum absolute atomic E-state index is 0.0864. The van der Waals surface area contributed by atoms with E-state index >= 15 is 0 Å². The van der Waals surface area contributed by atoms with Crippen LogP contribution < -0.4 is 20.5 Å². The summed E-state index contributed by atoms with van der Waals surface area (Å²) in [5.74, 6) is -0.982. The molecule has 0 aliphatic heterocycles. The number of nitrogens with one attached hydrogen (secondary N) is 1. The first-order chi connectivity index (χ1) is 12.9. The molecule has 8 heteroatoms. The number of halogens is 2. The number of benzene rings is 2. The molecule has 2 aromatic rings. The molecule has 2 aromatic carbocycles. The van der Waals surface area contributed by atoms with Gasteiger partial charge < -0.3 is 20.5 Å². The van der Waals surface area contributed by atoms with Crippen LogP contribution in [0.3, 0.4) is 0 Å². The average Bonchev–Trinajstić information content (AvgIpc) is 2.62. The first-order valence-electron chi connectivity index (χ1n) is 7.99. The number of rotatable bonds is 8. The molecule has 0 aliphatic rings. The number of nitrogens with two attached hydrogens (primary N) is 1. The first-order valence-corrected chi connectivity index (χ1v) is 7.99. The third-order valence-corrected chi connectivity index (χ3v) is 3.33. The molecule has 0 saturated heterocycles. The monoisotopic (exact) mass is 376 g/mol. The molecular formula is C19H18F2N2O4. The number of hydrogen-bond donors (Lipinski definition) is 2. The van der Waals surface area contributed by atoms with Crippen LogP contribution in [0.2, 0.25) is 0 Å². The van der Waals surface area contributed by atoms with Crippen molar-refractivity contribution >= 4 is 23.6 Å². The molecule has 0 aromatic heterocycles. The molecule has 0 spiro atoms. The highest BCUT2D eigenvalue weighted by atomic mass is 19.3. The number of carbonyl (C=O) groups excluding carboxylic acids is 2. The number of primary amides is 1. The molecule has 0 aliphatic carbocycles. The van der Waals surface area contributed by atoms with Gasteiger partial charge in [0.1, 0.15) is 0 Å². The fourth-order valence-electron chi connectivity index (χ4n) is 2.20. The Bertz CT molecular complexity index is 853. The molecule has 6 nitrogen and oxygen atoms in total. The predicted molar refractivity (Wildman–Crippen MR) is 96.9 cm³/mol. The second-order valence-corrected chi connectivity index (χ2v) is 5.29. The van der Waals surface area contributed by atoms with Crippen LogP contribution in [0, 0.1) is 0 Å². The minimum Gasteiger partial charge on any atom is -0.490 e. The van der Waals surface area contributed by atoms with Gasteiger partial charge >= 0.3 is 6.61 Å². The molecule has 2 amide bonds. The molecule has 2 rings (SSSR count). The van der Waals surface area contributed by atoms with Crippen LogP contribution in [0.1, 0.15) is 22.8 Å². The highest BCUT2D eigenvalue weighted by Crippen LogP contribution is 2.30. The van der Waals surface area contributed by atoms with Crippen molar-refractivity contribution in [2.24, 2.45) is 5.73 Å². The molecule has 0 saturated carbocycles. The Morgan fingerprint density at radius 1 is 1.19 bits per heavy atom. The molecule has 0 bridgehead atoms. The Hall–Kier alpha value is -3.42. The molecule has 0 heterocycles. The number of alkyl halides is 2. The summed E-state index contributed by atoms with van der Waals surface area (Å²) >= 11 is 0. The standard InChI is InChI=1S/C19H18F2N2O4/c1-2-26-16-10-12(6-8-15(16)27-19(20)21)7-9-17(24)23-14-5-3-4-13(11-14)18(22)25/h3-11,19H,2H2,1H3,(H2,22,25)(H,23,24)/b9-7+. The average molecular weight is 376 g/mol. The van der Waals surface area contributed by atoms with E-state index < -0.39 is 18.4 Å². The van der Waals surface area contributed by atoms with Gasteiger partial charge in [-0.25, -0.2) is 0 Å². The Labute approximate surface area is 154 Å².